The molecule has 0 aliphatic carbocycles. The first-order valence-electron chi connectivity index (χ1n) is 6.02. The summed E-state index contributed by atoms with van der Waals surface area (Å²) in [6.45, 7) is 0. The number of pyridine rings is 1. The van der Waals surface area contributed by atoms with Gasteiger partial charge in [-0.05, 0) is 24.3 Å². The molecule has 0 radical (unpaired) electrons. The SMILES string of the molecule is O=c1[nH][nH]c(-c2cccnc2)c1N=Nc1ccccc1. The molecule has 3 aromatic rings. The Morgan fingerprint density at radius 1 is 0.950 bits per heavy atom. The minimum absolute atomic E-state index is 0.238. The van der Waals surface area contributed by atoms with Crippen molar-refractivity contribution in [2.45, 2.75) is 0 Å². The van der Waals surface area contributed by atoms with Gasteiger partial charge in [-0.1, -0.05) is 18.2 Å². The summed E-state index contributed by atoms with van der Waals surface area (Å²) in [7, 11) is 0. The molecule has 6 heteroatoms. The van der Waals surface area contributed by atoms with Gasteiger partial charge in [0.2, 0.25) is 0 Å². The zero-order valence-electron chi connectivity index (χ0n) is 10.4. The molecular weight excluding hydrogens is 254 g/mol. The maximum atomic E-state index is 11.8. The Labute approximate surface area is 114 Å². The Morgan fingerprint density at radius 3 is 2.55 bits per heavy atom. The number of hydrogen-bond donors (Lipinski definition) is 2. The third kappa shape index (κ3) is 2.39. The molecule has 3 rings (SSSR count). The smallest absolute Gasteiger partial charge is 0.292 e. The van der Waals surface area contributed by atoms with Gasteiger partial charge in [0, 0.05) is 18.0 Å². The third-order valence-electron chi connectivity index (χ3n) is 2.72. The maximum absolute atomic E-state index is 11.8. The van der Waals surface area contributed by atoms with Crippen LogP contribution in [0.5, 0.6) is 0 Å². The Hall–Kier alpha value is -3.02. The van der Waals surface area contributed by atoms with Gasteiger partial charge < -0.3 is 0 Å². The van der Waals surface area contributed by atoms with Crippen molar-refractivity contribution >= 4 is 11.4 Å². The first-order valence-corrected chi connectivity index (χ1v) is 6.02. The van der Waals surface area contributed by atoms with Crippen LogP contribution in [0.3, 0.4) is 0 Å². The van der Waals surface area contributed by atoms with Gasteiger partial charge in [0.15, 0.2) is 5.69 Å². The molecule has 0 atom stereocenters. The minimum Gasteiger partial charge on any atom is -0.295 e. The lowest BCUT2D eigenvalue weighted by Crippen LogP contribution is -1.96. The third-order valence-corrected chi connectivity index (χ3v) is 2.72. The summed E-state index contributed by atoms with van der Waals surface area (Å²) in [6, 6.07) is 12.9. The molecule has 0 saturated carbocycles. The van der Waals surface area contributed by atoms with E-state index < -0.39 is 0 Å². The van der Waals surface area contributed by atoms with Crippen LogP contribution in [0.2, 0.25) is 0 Å². The molecule has 1 aromatic carbocycles. The van der Waals surface area contributed by atoms with E-state index in [0.29, 0.717) is 11.4 Å². The second-order valence-corrected chi connectivity index (χ2v) is 4.08. The number of nitrogens with one attached hydrogen (secondary N) is 2. The highest BCUT2D eigenvalue weighted by molar-refractivity contribution is 5.70. The van der Waals surface area contributed by atoms with E-state index in [-0.39, 0.29) is 11.2 Å². The highest BCUT2D eigenvalue weighted by Crippen LogP contribution is 2.25. The Kier molecular flexibility index (Phi) is 3.20. The standard InChI is InChI=1S/C14H11N5O/c20-14-13(18-16-11-6-2-1-3-7-11)12(17-19-14)10-5-4-8-15-9-10/h1-9H,(H2,17,19,20). The van der Waals surface area contributed by atoms with Crippen LogP contribution in [-0.4, -0.2) is 15.2 Å². The summed E-state index contributed by atoms with van der Waals surface area (Å²) >= 11 is 0. The molecule has 0 aliphatic heterocycles. The highest BCUT2D eigenvalue weighted by Gasteiger charge is 2.11. The van der Waals surface area contributed by atoms with Crippen molar-refractivity contribution in [1.82, 2.24) is 15.2 Å². The van der Waals surface area contributed by atoms with Crippen LogP contribution in [0.25, 0.3) is 11.3 Å². The minimum atomic E-state index is -0.316. The van der Waals surface area contributed by atoms with Crippen LogP contribution in [0.1, 0.15) is 0 Å². The van der Waals surface area contributed by atoms with E-state index in [1.54, 1.807) is 18.5 Å². The molecule has 0 bridgehead atoms. The summed E-state index contributed by atoms with van der Waals surface area (Å²) in [4.78, 5) is 15.8. The Morgan fingerprint density at radius 2 is 1.80 bits per heavy atom. The predicted octanol–water partition coefficient (Wildman–Crippen LogP) is 3.18. The Bertz CT molecular complexity index is 774. The Balaban J connectivity index is 2.01. The van der Waals surface area contributed by atoms with Crippen molar-refractivity contribution in [2.75, 3.05) is 0 Å². The van der Waals surface area contributed by atoms with E-state index in [2.05, 4.69) is 25.4 Å². The molecule has 98 valence electrons. The summed E-state index contributed by atoms with van der Waals surface area (Å²) in [6.07, 6.45) is 3.32. The molecule has 0 amide bonds. The monoisotopic (exact) mass is 265 g/mol. The van der Waals surface area contributed by atoms with Crippen molar-refractivity contribution in [1.29, 1.82) is 0 Å². The second-order valence-electron chi connectivity index (χ2n) is 4.08. The number of nitrogens with zero attached hydrogens (tertiary/aromatic N) is 3. The summed E-state index contributed by atoms with van der Waals surface area (Å²) in [5.74, 6) is 0. The normalized spacial score (nSPS) is 11.0. The lowest BCUT2D eigenvalue weighted by atomic mass is 10.2. The van der Waals surface area contributed by atoms with Gasteiger partial charge in [-0.15, -0.1) is 5.11 Å². The number of rotatable bonds is 3. The van der Waals surface area contributed by atoms with Crippen LogP contribution in [-0.2, 0) is 0 Å². The second kappa shape index (κ2) is 5.31. The van der Waals surface area contributed by atoms with Crippen molar-refractivity contribution in [3.8, 4) is 11.3 Å². The molecule has 0 fully saturated rings. The number of aromatic amines is 2. The van der Waals surface area contributed by atoms with Gasteiger partial charge in [0.25, 0.3) is 5.56 Å². The van der Waals surface area contributed by atoms with Crippen molar-refractivity contribution in [2.24, 2.45) is 10.2 Å². The van der Waals surface area contributed by atoms with E-state index in [0.717, 1.165) is 5.56 Å². The van der Waals surface area contributed by atoms with E-state index >= 15 is 0 Å². The molecule has 0 unspecified atom stereocenters. The van der Waals surface area contributed by atoms with E-state index in [9.17, 15) is 4.79 Å². The van der Waals surface area contributed by atoms with Crippen LogP contribution in [0, 0.1) is 0 Å². The van der Waals surface area contributed by atoms with Gasteiger partial charge in [0.1, 0.15) is 0 Å². The molecule has 20 heavy (non-hydrogen) atoms. The van der Waals surface area contributed by atoms with E-state index in [4.69, 9.17) is 0 Å². The number of aromatic nitrogens is 3. The van der Waals surface area contributed by atoms with Crippen LogP contribution in [0.15, 0.2) is 69.9 Å². The number of hydrogen-bond acceptors (Lipinski definition) is 4. The van der Waals surface area contributed by atoms with Gasteiger partial charge in [0.05, 0.1) is 11.4 Å². The molecule has 0 spiro atoms. The van der Waals surface area contributed by atoms with E-state index in [1.165, 1.54) is 0 Å². The highest BCUT2D eigenvalue weighted by atomic mass is 16.1. The van der Waals surface area contributed by atoms with Crippen LogP contribution < -0.4 is 5.56 Å². The summed E-state index contributed by atoms with van der Waals surface area (Å²) in [5.41, 5.74) is 1.95. The van der Waals surface area contributed by atoms with Crippen LogP contribution >= 0.6 is 0 Å². The molecule has 2 aromatic heterocycles. The van der Waals surface area contributed by atoms with Gasteiger partial charge in [-0.25, -0.2) is 0 Å². The quantitative estimate of drug-likeness (QED) is 0.712. The van der Waals surface area contributed by atoms with Gasteiger partial charge in [-0.2, -0.15) is 5.11 Å². The van der Waals surface area contributed by atoms with Crippen LogP contribution in [0.4, 0.5) is 11.4 Å². The molecule has 0 aliphatic rings. The van der Waals surface area contributed by atoms with Gasteiger partial charge >= 0.3 is 0 Å². The first-order chi connectivity index (χ1) is 9.84. The predicted molar refractivity (Wildman–Crippen MR) is 75.3 cm³/mol. The fourth-order valence-corrected chi connectivity index (χ4v) is 1.77. The lowest BCUT2D eigenvalue weighted by molar-refractivity contribution is 1.06. The average Bonchev–Trinajstić information content (AvgIpc) is 2.88. The van der Waals surface area contributed by atoms with Crippen molar-refractivity contribution in [3.05, 3.63) is 65.2 Å². The number of H-pyrrole nitrogens is 2. The number of benzene rings is 1. The largest absolute Gasteiger partial charge is 0.295 e. The zero-order valence-corrected chi connectivity index (χ0v) is 10.4. The molecule has 2 N–H and O–H groups in total. The lowest BCUT2D eigenvalue weighted by Gasteiger charge is -1.96. The molecule has 0 saturated heterocycles. The maximum Gasteiger partial charge on any atom is 0.292 e. The fraction of sp³-hybridized carbons (Fsp3) is 0. The summed E-state index contributed by atoms with van der Waals surface area (Å²) in [5, 5.41) is 13.4. The molecule has 6 nitrogen and oxygen atoms in total. The molecule has 2 heterocycles. The van der Waals surface area contributed by atoms with Crippen molar-refractivity contribution in [3.63, 3.8) is 0 Å². The fourth-order valence-electron chi connectivity index (χ4n) is 1.77. The average molecular weight is 265 g/mol. The summed E-state index contributed by atoms with van der Waals surface area (Å²) < 4.78 is 0. The molecular formula is C14H11N5O. The van der Waals surface area contributed by atoms with Crippen molar-refractivity contribution < 1.29 is 0 Å². The zero-order chi connectivity index (χ0) is 13.8. The van der Waals surface area contributed by atoms with Gasteiger partial charge in [-0.3, -0.25) is 20.0 Å². The van der Waals surface area contributed by atoms with E-state index in [1.807, 2.05) is 36.4 Å². The number of azo groups is 1. The topological polar surface area (TPSA) is 86.3 Å². The first kappa shape index (κ1) is 12.0.